The maximum atomic E-state index is 12.4. The summed E-state index contributed by atoms with van der Waals surface area (Å²) < 4.78 is 10.5. The highest BCUT2D eigenvalue weighted by Crippen LogP contribution is 2.15. The summed E-state index contributed by atoms with van der Waals surface area (Å²) in [7, 11) is 1.61. The monoisotopic (exact) mass is 371 g/mol. The van der Waals surface area contributed by atoms with Crippen molar-refractivity contribution in [1.82, 2.24) is 20.1 Å². The molecule has 0 bridgehead atoms. The molecule has 1 saturated heterocycles. The number of hydrogen-bond donors (Lipinski definition) is 1. The molecule has 3 heterocycles. The third-order valence-corrected chi connectivity index (χ3v) is 4.38. The van der Waals surface area contributed by atoms with Crippen LogP contribution in [0.2, 0.25) is 0 Å². The number of aromatic nitrogens is 1. The predicted octanol–water partition coefficient (Wildman–Crippen LogP) is 1.61. The molecule has 1 aliphatic heterocycles. The summed E-state index contributed by atoms with van der Waals surface area (Å²) in [6.45, 7) is 5.96. The number of amides is 1. The highest BCUT2D eigenvalue weighted by molar-refractivity contribution is 5.91. The Kier molecular flexibility index (Phi) is 6.30. The standard InChI is InChI=1S/C19H25N5O3/c1-3-20-19(22-14-15-6-4-8-21-17(15)26-2)24-11-9-23(10-12-24)18(25)16-7-5-13-27-16/h4-8,13H,3,9-12,14H2,1-2H3,(H,20,22). The lowest BCUT2D eigenvalue weighted by Crippen LogP contribution is -2.53. The van der Waals surface area contributed by atoms with Crippen LogP contribution >= 0.6 is 0 Å². The molecule has 1 amide bonds. The summed E-state index contributed by atoms with van der Waals surface area (Å²) in [6.07, 6.45) is 3.22. The van der Waals surface area contributed by atoms with Gasteiger partial charge >= 0.3 is 0 Å². The van der Waals surface area contributed by atoms with Crippen LogP contribution in [-0.4, -0.2) is 66.5 Å². The summed E-state index contributed by atoms with van der Waals surface area (Å²) >= 11 is 0. The van der Waals surface area contributed by atoms with Gasteiger partial charge < -0.3 is 24.3 Å². The third kappa shape index (κ3) is 4.58. The van der Waals surface area contributed by atoms with Crippen molar-refractivity contribution >= 4 is 11.9 Å². The lowest BCUT2D eigenvalue weighted by Gasteiger charge is -2.36. The number of furan rings is 1. The summed E-state index contributed by atoms with van der Waals surface area (Å²) in [5.41, 5.74) is 0.932. The van der Waals surface area contributed by atoms with E-state index in [1.807, 2.05) is 24.0 Å². The zero-order valence-corrected chi connectivity index (χ0v) is 15.7. The Morgan fingerprint density at radius 2 is 2.04 bits per heavy atom. The Morgan fingerprint density at radius 1 is 1.26 bits per heavy atom. The highest BCUT2D eigenvalue weighted by atomic mass is 16.5. The summed E-state index contributed by atoms with van der Waals surface area (Å²) in [5, 5.41) is 3.32. The van der Waals surface area contributed by atoms with Gasteiger partial charge in [-0.15, -0.1) is 0 Å². The molecular formula is C19H25N5O3. The van der Waals surface area contributed by atoms with Crippen molar-refractivity contribution in [3.63, 3.8) is 0 Å². The van der Waals surface area contributed by atoms with E-state index in [0.717, 1.165) is 18.1 Å². The molecule has 1 fully saturated rings. The van der Waals surface area contributed by atoms with E-state index >= 15 is 0 Å². The van der Waals surface area contributed by atoms with Crippen molar-refractivity contribution < 1.29 is 13.9 Å². The molecule has 27 heavy (non-hydrogen) atoms. The molecule has 0 aliphatic carbocycles. The number of rotatable bonds is 5. The molecular weight excluding hydrogens is 346 g/mol. The molecule has 1 N–H and O–H groups in total. The fourth-order valence-electron chi connectivity index (χ4n) is 2.99. The van der Waals surface area contributed by atoms with Gasteiger partial charge in [-0.25, -0.2) is 9.98 Å². The summed E-state index contributed by atoms with van der Waals surface area (Å²) in [6, 6.07) is 7.26. The van der Waals surface area contributed by atoms with E-state index in [9.17, 15) is 4.79 Å². The second-order valence-corrected chi connectivity index (χ2v) is 6.10. The first-order valence-electron chi connectivity index (χ1n) is 9.06. The molecule has 0 saturated carbocycles. The maximum absolute atomic E-state index is 12.4. The third-order valence-electron chi connectivity index (χ3n) is 4.38. The molecule has 2 aromatic heterocycles. The first-order chi connectivity index (χ1) is 13.2. The molecule has 0 radical (unpaired) electrons. The van der Waals surface area contributed by atoms with Gasteiger partial charge in [-0.1, -0.05) is 6.07 Å². The number of nitrogens with one attached hydrogen (secondary N) is 1. The fourth-order valence-corrected chi connectivity index (χ4v) is 2.99. The largest absolute Gasteiger partial charge is 0.481 e. The van der Waals surface area contributed by atoms with Gasteiger partial charge in [0, 0.05) is 44.5 Å². The Labute approximate surface area is 158 Å². The minimum Gasteiger partial charge on any atom is -0.481 e. The molecule has 0 aromatic carbocycles. The van der Waals surface area contributed by atoms with Crippen molar-refractivity contribution in [3.05, 3.63) is 48.0 Å². The lowest BCUT2D eigenvalue weighted by molar-refractivity contribution is 0.0657. The first-order valence-corrected chi connectivity index (χ1v) is 9.06. The van der Waals surface area contributed by atoms with E-state index in [1.165, 1.54) is 6.26 Å². The second-order valence-electron chi connectivity index (χ2n) is 6.10. The Morgan fingerprint density at radius 3 is 2.70 bits per heavy atom. The number of hydrogen-bond acceptors (Lipinski definition) is 5. The van der Waals surface area contributed by atoms with Gasteiger partial charge in [0.05, 0.1) is 19.9 Å². The number of pyridine rings is 1. The van der Waals surface area contributed by atoms with E-state index < -0.39 is 0 Å². The molecule has 1 aliphatic rings. The van der Waals surface area contributed by atoms with Gasteiger partial charge in [0.15, 0.2) is 11.7 Å². The van der Waals surface area contributed by atoms with Crippen LogP contribution in [0.15, 0.2) is 46.1 Å². The average Bonchev–Trinajstić information content (AvgIpc) is 3.26. The van der Waals surface area contributed by atoms with Crippen LogP contribution in [0, 0.1) is 0 Å². The smallest absolute Gasteiger partial charge is 0.289 e. The number of nitrogens with zero attached hydrogens (tertiary/aromatic N) is 4. The molecule has 2 aromatic rings. The van der Waals surface area contributed by atoms with Crippen molar-refractivity contribution in [2.24, 2.45) is 4.99 Å². The van der Waals surface area contributed by atoms with Gasteiger partial charge in [-0.2, -0.15) is 0 Å². The molecule has 8 nitrogen and oxygen atoms in total. The van der Waals surface area contributed by atoms with Crippen LogP contribution in [0.4, 0.5) is 0 Å². The summed E-state index contributed by atoms with van der Waals surface area (Å²) in [4.78, 5) is 25.3. The number of piperazine rings is 1. The first kappa shape index (κ1) is 18.8. The van der Waals surface area contributed by atoms with Crippen LogP contribution in [0.25, 0.3) is 0 Å². The fraction of sp³-hybridized carbons (Fsp3) is 0.421. The predicted molar refractivity (Wildman–Crippen MR) is 102 cm³/mol. The Bertz CT molecular complexity index is 767. The highest BCUT2D eigenvalue weighted by Gasteiger charge is 2.25. The lowest BCUT2D eigenvalue weighted by atomic mass is 10.2. The zero-order valence-electron chi connectivity index (χ0n) is 15.7. The number of carbonyl (C=O) groups excluding carboxylic acids is 1. The van der Waals surface area contributed by atoms with Crippen LogP contribution in [0.3, 0.4) is 0 Å². The number of aliphatic imine (C=N–C) groups is 1. The van der Waals surface area contributed by atoms with E-state index in [4.69, 9.17) is 14.1 Å². The van der Waals surface area contributed by atoms with Crippen molar-refractivity contribution in [2.75, 3.05) is 39.8 Å². The molecule has 0 spiro atoms. The number of carbonyl (C=O) groups is 1. The topological polar surface area (TPSA) is 83.2 Å². The molecule has 0 atom stereocenters. The van der Waals surface area contributed by atoms with Gasteiger partial charge in [-0.3, -0.25) is 4.79 Å². The number of methoxy groups -OCH3 is 1. The van der Waals surface area contributed by atoms with E-state index in [2.05, 4.69) is 15.2 Å². The molecule has 0 unspecified atom stereocenters. The van der Waals surface area contributed by atoms with Gasteiger partial charge in [0.1, 0.15) is 0 Å². The maximum Gasteiger partial charge on any atom is 0.289 e. The van der Waals surface area contributed by atoms with E-state index in [-0.39, 0.29) is 5.91 Å². The van der Waals surface area contributed by atoms with E-state index in [0.29, 0.717) is 44.4 Å². The molecule has 144 valence electrons. The van der Waals surface area contributed by atoms with E-state index in [1.54, 1.807) is 25.4 Å². The Hall–Kier alpha value is -3.03. The average molecular weight is 371 g/mol. The van der Waals surface area contributed by atoms with Crippen molar-refractivity contribution in [1.29, 1.82) is 0 Å². The van der Waals surface area contributed by atoms with Crippen molar-refractivity contribution in [3.8, 4) is 5.88 Å². The van der Waals surface area contributed by atoms with Gasteiger partial charge in [0.25, 0.3) is 5.91 Å². The van der Waals surface area contributed by atoms with Crippen LogP contribution in [-0.2, 0) is 6.54 Å². The summed E-state index contributed by atoms with van der Waals surface area (Å²) in [5.74, 6) is 1.73. The van der Waals surface area contributed by atoms with Crippen LogP contribution in [0.5, 0.6) is 5.88 Å². The zero-order chi connectivity index (χ0) is 19.1. The second kappa shape index (κ2) is 9.07. The Balaban J connectivity index is 1.63. The minimum atomic E-state index is -0.0679. The molecule has 3 rings (SSSR count). The number of guanidine groups is 1. The van der Waals surface area contributed by atoms with Crippen LogP contribution < -0.4 is 10.1 Å². The minimum absolute atomic E-state index is 0.0679. The number of ether oxygens (including phenoxy) is 1. The van der Waals surface area contributed by atoms with Crippen LogP contribution in [0.1, 0.15) is 23.0 Å². The van der Waals surface area contributed by atoms with Gasteiger partial charge in [-0.05, 0) is 25.1 Å². The normalized spacial score (nSPS) is 15.0. The van der Waals surface area contributed by atoms with Gasteiger partial charge in [0.2, 0.25) is 5.88 Å². The SMILES string of the molecule is CCNC(=NCc1cccnc1OC)N1CCN(C(=O)c2ccco2)CC1. The molecule has 8 heteroatoms. The quantitative estimate of drug-likeness (QED) is 0.635. The van der Waals surface area contributed by atoms with Crippen molar-refractivity contribution in [2.45, 2.75) is 13.5 Å².